The number of carbonyl (C=O) groups is 4. The summed E-state index contributed by atoms with van der Waals surface area (Å²) < 4.78 is 0. The fourth-order valence-corrected chi connectivity index (χ4v) is 7.38. The lowest BCUT2D eigenvalue weighted by Crippen LogP contribution is -2.56. The zero-order valence-electron chi connectivity index (χ0n) is 29.7. The molecule has 2 aliphatic rings. The van der Waals surface area contributed by atoms with Crippen LogP contribution in [0.25, 0.3) is 10.8 Å². The molecule has 2 atom stereocenters. The zero-order valence-corrected chi connectivity index (χ0v) is 29.7. The van der Waals surface area contributed by atoms with Gasteiger partial charge in [-0.15, -0.1) is 0 Å². The van der Waals surface area contributed by atoms with Crippen LogP contribution in [0.3, 0.4) is 0 Å². The molecule has 2 unspecified atom stereocenters. The van der Waals surface area contributed by atoms with Gasteiger partial charge in [-0.3, -0.25) is 19.2 Å². The maximum absolute atomic E-state index is 14.4. The van der Waals surface area contributed by atoms with Gasteiger partial charge in [-0.25, -0.2) is 20.0 Å². The summed E-state index contributed by atoms with van der Waals surface area (Å²) in [5, 5.41) is 7.13. The van der Waals surface area contributed by atoms with Crippen molar-refractivity contribution in [1.29, 1.82) is 0 Å². The average Bonchev–Trinajstić information content (AvgIpc) is 3.13. The van der Waals surface area contributed by atoms with Gasteiger partial charge in [0.15, 0.2) is 0 Å². The minimum absolute atomic E-state index is 0.0873. The maximum Gasteiger partial charge on any atom is 0.276 e. The highest BCUT2D eigenvalue weighted by atomic mass is 16.2. The van der Waals surface area contributed by atoms with Gasteiger partial charge in [-0.2, -0.15) is 0 Å². The lowest BCUT2D eigenvalue weighted by atomic mass is 9.86. The molecule has 8 heteroatoms. The summed E-state index contributed by atoms with van der Waals surface area (Å²) in [6.07, 6.45) is 7.90. The molecular formula is C42H48N4O4. The SMILES string of the molecule is CCCCCC(C)N(Cc1ccccc1)N1C(=O)c2ccc3c4c(ccc(c24)C1=O)C(=O)N(N(Cc1ccccc1)C(C)CCCCC)C3=O. The molecule has 0 aromatic heterocycles. The Bertz CT molecular complexity index is 1670. The van der Waals surface area contributed by atoms with Crippen molar-refractivity contribution in [1.82, 2.24) is 20.0 Å². The number of hydrogen-bond donors (Lipinski definition) is 0. The molecule has 0 aliphatic carbocycles. The maximum atomic E-state index is 14.4. The number of unbranched alkanes of at least 4 members (excludes halogenated alkanes) is 4. The molecular weight excluding hydrogens is 624 g/mol. The molecule has 0 fully saturated rings. The summed E-state index contributed by atoms with van der Waals surface area (Å²) in [5.41, 5.74) is 3.27. The van der Waals surface area contributed by atoms with Gasteiger partial charge in [-0.05, 0) is 62.1 Å². The molecule has 0 spiro atoms. The number of carbonyl (C=O) groups excluding carboxylic acids is 4. The fourth-order valence-electron chi connectivity index (χ4n) is 7.38. The Balaban J connectivity index is 1.39. The second-order valence-corrected chi connectivity index (χ2v) is 13.8. The third kappa shape index (κ3) is 6.74. The normalized spacial score (nSPS) is 15.5. The van der Waals surface area contributed by atoms with Crippen LogP contribution in [-0.4, -0.2) is 55.7 Å². The van der Waals surface area contributed by atoms with Gasteiger partial charge in [-0.1, -0.05) is 113 Å². The summed E-state index contributed by atoms with van der Waals surface area (Å²) in [4.78, 5) is 57.7. The molecule has 2 heterocycles. The fraction of sp³-hybridized carbons (Fsp3) is 0.381. The van der Waals surface area contributed by atoms with E-state index in [-0.39, 0.29) is 12.1 Å². The van der Waals surface area contributed by atoms with Crippen LogP contribution in [0, 0.1) is 0 Å². The van der Waals surface area contributed by atoms with E-state index in [2.05, 4.69) is 27.7 Å². The standard InChI is InChI=1S/C42H48N4O4/c1-5-7-11-17-29(3)43(27-31-19-13-9-14-20-31)45-39(47)33-23-25-35-38-36(26-24-34(37(33)38)40(45)48)42(50)46(41(35)49)44(30(4)18-12-8-6-2)28-32-21-15-10-16-22-32/h9-10,13-16,19-26,29-30H,5-8,11-12,17-18,27-28H2,1-4H3. The highest BCUT2D eigenvalue weighted by molar-refractivity contribution is 6.33. The van der Waals surface area contributed by atoms with Gasteiger partial charge in [0, 0.05) is 35.9 Å². The molecule has 50 heavy (non-hydrogen) atoms. The number of nitrogens with zero attached hydrogens (tertiary/aromatic N) is 4. The molecule has 0 bridgehead atoms. The zero-order chi connectivity index (χ0) is 35.4. The topological polar surface area (TPSA) is 81.2 Å². The summed E-state index contributed by atoms with van der Waals surface area (Å²) >= 11 is 0. The average molecular weight is 673 g/mol. The van der Waals surface area contributed by atoms with Gasteiger partial charge in [0.05, 0.1) is 22.3 Å². The van der Waals surface area contributed by atoms with Crippen molar-refractivity contribution in [2.45, 2.75) is 104 Å². The van der Waals surface area contributed by atoms with Crippen molar-refractivity contribution in [3.63, 3.8) is 0 Å². The number of amides is 4. The van der Waals surface area contributed by atoms with Crippen molar-refractivity contribution in [2.75, 3.05) is 0 Å². The van der Waals surface area contributed by atoms with E-state index in [0.717, 1.165) is 62.5 Å². The summed E-state index contributed by atoms with van der Waals surface area (Å²) in [7, 11) is 0. The molecule has 0 saturated carbocycles. The predicted molar refractivity (Wildman–Crippen MR) is 196 cm³/mol. The number of hydrazine groups is 2. The van der Waals surface area contributed by atoms with E-state index in [1.165, 1.54) is 10.0 Å². The highest BCUT2D eigenvalue weighted by Crippen LogP contribution is 2.40. The number of hydrogen-bond acceptors (Lipinski definition) is 6. The van der Waals surface area contributed by atoms with Crippen molar-refractivity contribution in [3.8, 4) is 0 Å². The molecule has 0 radical (unpaired) electrons. The van der Waals surface area contributed by atoms with Gasteiger partial charge in [0.2, 0.25) is 0 Å². The molecule has 8 nitrogen and oxygen atoms in total. The molecule has 260 valence electrons. The first-order valence-electron chi connectivity index (χ1n) is 18.2. The van der Waals surface area contributed by atoms with Crippen molar-refractivity contribution in [3.05, 3.63) is 118 Å². The monoisotopic (exact) mass is 672 g/mol. The molecule has 4 aromatic carbocycles. The number of imide groups is 2. The Morgan fingerprint density at radius 1 is 0.480 bits per heavy atom. The van der Waals surface area contributed by atoms with E-state index in [1.807, 2.05) is 70.7 Å². The first kappa shape index (κ1) is 35.2. The third-order valence-corrected chi connectivity index (χ3v) is 10.2. The van der Waals surface area contributed by atoms with Gasteiger partial charge < -0.3 is 0 Å². The summed E-state index contributed by atoms with van der Waals surface area (Å²) in [6.45, 7) is 9.21. The summed E-state index contributed by atoms with van der Waals surface area (Å²) in [5.74, 6) is -1.77. The van der Waals surface area contributed by atoms with Crippen LogP contribution in [0.15, 0.2) is 84.9 Å². The van der Waals surface area contributed by atoms with Crippen LogP contribution >= 0.6 is 0 Å². The predicted octanol–water partition coefficient (Wildman–Crippen LogP) is 8.80. The molecule has 4 aromatic rings. The lowest BCUT2D eigenvalue weighted by Gasteiger charge is -2.42. The number of rotatable bonds is 16. The molecule has 2 aliphatic heterocycles. The minimum atomic E-state index is -0.443. The van der Waals surface area contributed by atoms with Crippen LogP contribution in [0.1, 0.15) is 132 Å². The molecule has 0 saturated heterocycles. The van der Waals surface area contributed by atoms with Crippen LogP contribution in [-0.2, 0) is 13.1 Å². The quantitative estimate of drug-likeness (QED) is 0.0874. The van der Waals surface area contributed by atoms with Crippen LogP contribution in [0.4, 0.5) is 0 Å². The Hall–Kier alpha value is -4.66. The highest BCUT2D eigenvalue weighted by Gasteiger charge is 2.44. The summed E-state index contributed by atoms with van der Waals surface area (Å²) in [6, 6.07) is 26.2. The van der Waals surface area contributed by atoms with Crippen molar-refractivity contribution >= 4 is 34.4 Å². The first-order chi connectivity index (χ1) is 24.3. The van der Waals surface area contributed by atoms with E-state index in [0.29, 0.717) is 46.1 Å². The van der Waals surface area contributed by atoms with Crippen molar-refractivity contribution in [2.24, 2.45) is 0 Å². The van der Waals surface area contributed by atoms with Gasteiger partial charge >= 0.3 is 0 Å². The number of benzene rings is 4. The second kappa shape index (κ2) is 15.5. The first-order valence-corrected chi connectivity index (χ1v) is 18.2. The third-order valence-electron chi connectivity index (χ3n) is 10.2. The van der Waals surface area contributed by atoms with Gasteiger partial charge in [0.25, 0.3) is 23.6 Å². The Morgan fingerprint density at radius 2 is 0.800 bits per heavy atom. The Morgan fingerprint density at radius 3 is 1.10 bits per heavy atom. The van der Waals surface area contributed by atoms with Crippen LogP contribution in [0.2, 0.25) is 0 Å². The minimum Gasteiger partial charge on any atom is -0.267 e. The van der Waals surface area contributed by atoms with E-state index in [4.69, 9.17) is 0 Å². The van der Waals surface area contributed by atoms with E-state index < -0.39 is 23.6 Å². The van der Waals surface area contributed by atoms with Gasteiger partial charge in [0.1, 0.15) is 0 Å². The molecule has 6 rings (SSSR count). The second-order valence-electron chi connectivity index (χ2n) is 13.8. The smallest absolute Gasteiger partial charge is 0.267 e. The van der Waals surface area contributed by atoms with Crippen LogP contribution in [0.5, 0.6) is 0 Å². The lowest BCUT2D eigenvalue weighted by molar-refractivity contribution is -0.0303. The van der Waals surface area contributed by atoms with E-state index >= 15 is 0 Å². The Kier molecular flexibility index (Phi) is 10.9. The Labute approximate surface area is 295 Å². The molecule has 0 N–H and O–H groups in total. The van der Waals surface area contributed by atoms with Crippen molar-refractivity contribution < 1.29 is 19.2 Å². The van der Waals surface area contributed by atoms with E-state index in [9.17, 15) is 19.2 Å². The molecule has 4 amide bonds. The van der Waals surface area contributed by atoms with E-state index in [1.54, 1.807) is 24.3 Å². The largest absolute Gasteiger partial charge is 0.276 e. The van der Waals surface area contributed by atoms with Crippen LogP contribution < -0.4 is 0 Å².